The summed E-state index contributed by atoms with van der Waals surface area (Å²) in [7, 11) is 0.246. The average molecular weight is 280 g/mol. The van der Waals surface area contributed by atoms with Crippen molar-refractivity contribution in [1.82, 2.24) is 9.71 Å². The quantitative estimate of drug-likeness (QED) is 0.896. The molecule has 0 spiro atoms. The van der Waals surface area contributed by atoms with Crippen LogP contribution in [0.15, 0.2) is 32.5 Å². The lowest BCUT2D eigenvalue weighted by atomic mass is 10.1. The Kier molecular flexibility index (Phi) is 4.01. The van der Waals surface area contributed by atoms with Crippen molar-refractivity contribution in [2.24, 2.45) is 0 Å². The monoisotopic (exact) mass is 280 g/mol. The van der Waals surface area contributed by atoms with E-state index in [1.165, 1.54) is 0 Å². The zero-order valence-electron chi connectivity index (χ0n) is 11.1. The maximum absolute atomic E-state index is 11.7. The minimum atomic E-state index is -1.35. The molecular formula is C13H16N2O3S. The number of pyridine rings is 1. The average Bonchev–Trinajstić information content (AvgIpc) is 2.87. The van der Waals surface area contributed by atoms with Crippen LogP contribution in [0.25, 0.3) is 11.3 Å². The van der Waals surface area contributed by atoms with Gasteiger partial charge in [-0.05, 0) is 38.6 Å². The van der Waals surface area contributed by atoms with Gasteiger partial charge in [-0.25, -0.2) is 8.93 Å². The molecule has 0 amide bonds. The number of hydrogen-bond donors (Lipinski definition) is 2. The maximum Gasteiger partial charge on any atom is 0.251 e. The van der Waals surface area contributed by atoms with Gasteiger partial charge < -0.3 is 9.40 Å². The standard InChI is InChI=1S/C13H16N2O3S/c1-4-9-7-10(8(2)15-13(9)16)11-5-6-12(18-11)19(17)14-3/h5-7,14H,4H2,1-3H3,(H,15,16). The molecule has 1 unspecified atom stereocenters. The lowest BCUT2D eigenvalue weighted by molar-refractivity contribution is 0.476. The van der Waals surface area contributed by atoms with E-state index < -0.39 is 11.0 Å². The molecule has 2 heterocycles. The van der Waals surface area contributed by atoms with Crippen LogP contribution in [0.1, 0.15) is 18.2 Å². The first-order valence-corrected chi connectivity index (χ1v) is 7.14. The molecule has 1 atom stereocenters. The second-order valence-electron chi connectivity index (χ2n) is 4.11. The second kappa shape index (κ2) is 5.54. The molecule has 0 bridgehead atoms. The fourth-order valence-corrected chi connectivity index (χ4v) is 2.41. The molecule has 0 aliphatic rings. The zero-order valence-corrected chi connectivity index (χ0v) is 11.9. The third-order valence-corrected chi connectivity index (χ3v) is 3.87. The Labute approximate surface area is 113 Å². The molecule has 102 valence electrons. The summed E-state index contributed by atoms with van der Waals surface area (Å²) in [6.07, 6.45) is 0.651. The number of nitrogens with one attached hydrogen (secondary N) is 2. The highest BCUT2D eigenvalue weighted by Crippen LogP contribution is 2.25. The van der Waals surface area contributed by atoms with Crippen LogP contribution in [0.2, 0.25) is 0 Å². The first-order valence-electron chi connectivity index (χ1n) is 5.99. The van der Waals surface area contributed by atoms with Gasteiger partial charge >= 0.3 is 0 Å². The Morgan fingerprint density at radius 2 is 2.16 bits per heavy atom. The first-order chi connectivity index (χ1) is 9.06. The number of aryl methyl sites for hydroxylation is 2. The molecule has 0 aromatic carbocycles. The SMILES string of the molecule is CCc1cc(-c2ccc(S(=O)NC)o2)c(C)[nH]c1=O. The summed E-state index contributed by atoms with van der Waals surface area (Å²) in [4.78, 5) is 14.5. The lowest BCUT2D eigenvalue weighted by Gasteiger charge is -2.05. The van der Waals surface area contributed by atoms with Gasteiger partial charge in [-0.3, -0.25) is 4.79 Å². The third-order valence-electron chi connectivity index (χ3n) is 2.91. The molecule has 0 radical (unpaired) electrons. The topological polar surface area (TPSA) is 75.1 Å². The highest BCUT2D eigenvalue weighted by molar-refractivity contribution is 7.82. The van der Waals surface area contributed by atoms with Crippen LogP contribution in [0.4, 0.5) is 0 Å². The minimum absolute atomic E-state index is 0.0747. The van der Waals surface area contributed by atoms with Gasteiger partial charge in [-0.1, -0.05) is 6.92 Å². The molecule has 0 aliphatic heterocycles. The number of furan rings is 1. The summed E-state index contributed by atoms with van der Waals surface area (Å²) in [5, 5.41) is 0.362. The van der Waals surface area contributed by atoms with Crippen molar-refractivity contribution in [3.05, 3.63) is 39.8 Å². The van der Waals surface area contributed by atoms with E-state index in [0.29, 0.717) is 22.8 Å². The minimum Gasteiger partial charge on any atom is -0.446 e. The molecule has 0 fully saturated rings. The number of H-pyrrole nitrogens is 1. The first kappa shape index (κ1) is 13.8. The molecule has 0 saturated heterocycles. The van der Waals surface area contributed by atoms with E-state index >= 15 is 0 Å². The Morgan fingerprint density at radius 3 is 2.79 bits per heavy atom. The fraction of sp³-hybridized carbons (Fsp3) is 0.308. The van der Waals surface area contributed by atoms with Crippen molar-refractivity contribution >= 4 is 11.0 Å². The fourth-order valence-electron chi connectivity index (χ4n) is 1.85. The van der Waals surface area contributed by atoms with Gasteiger partial charge in [-0.2, -0.15) is 0 Å². The van der Waals surface area contributed by atoms with Gasteiger partial charge in [0.1, 0.15) is 5.76 Å². The van der Waals surface area contributed by atoms with E-state index in [1.807, 2.05) is 19.9 Å². The largest absolute Gasteiger partial charge is 0.446 e. The Bertz CT molecular complexity index is 673. The van der Waals surface area contributed by atoms with Crippen molar-refractivity contribution < 1.29 is 8.63 Å². The number of hydrogen-bond acceptors (Lipinski definition) is 3. The van der Waals surface area contributed by atoms with E-state index in [1.54, 1.807) is 19.2 Å². The van der Waals surface area contributed by atoms with Crippen molar-refractivity contribution in [2.75, 3.05) is 7.05 Å². The highest BCUT2D eigenvalue weighted by atomic mass is 32.2. The summed E-state index contributed by atoms with van der Waals surface area (Å²) >= 11 is 0. The molecule has 0 aliphatic carbocycles. The van der Waals surface area contributed by atoms with E-state index in [4.69, 9.17) is 4.42 Å². The van der Waals surface area contributed by atoms with Crippen LogP contribution >= 0.6 is 0 Å². The molecule has 2 aromatic heterocycles. The van der Waals surface area contributed by atoms with Gasteiger partial charge in [0.2, 0.25) is 5.09 Å². The van der Waals surface area contributed by atoms with Crippen LogP contribution in [0, 0.1) is 6.92 Å². The second-order valence-corrected chi connectivity index (χ2v) is 5.46. The van der Waals surface area contributed by atoms with Crippen LogP contribution in [0.3, 0.4) is 0 Å². The van der Waals surface area contributed by atoms with E-state index in [2.05, 4.69) is 9.71 Å². The Balaban J connectivity index is 2.50. The Hall–Kier alpha value is -1.66. The van der Waals surface area contributed by atoms with Crippen molar-refractivity contribution in [2.45, 2.75) is 25.4 Å². The zero-order chi connectivity index (χ0) is 14.0. The molecule has 2 aromatic rings. The van der Waals surface area contributed by atoms with E-state index in [-0.39, 0.29) is 5.56 Å². The van der Waals surface area contributed by atoms with Crippen molar-refractivity contribution in [3.63, 3.8) is 0 Å². The summed E-state index contributed by atoms with van der Waals surface area (Å²) in [6.45, 7) is 3.74. The molecular weight excluding hydrogens is 264 g/mol. The number of rotatable bonds is 4. The van der Waals surface area contributed by atoms with Gasteiger partial charge in [-0.15, -0.1) is 0 Å². The summed E-state index contributed by atoms with van der Waals surface area (Å²) in [6, 6.07) is 5.24. The smallest absolute Gasteiger partial charge is 0.251 e. The molecule has 5 nitrogen and oxygen atoms in total. The van der Waals surface area contributed by atoms with Crippen LogP contribution < -0.4 is 10.3 Å². The molecule has 19 heavy (non-hydrogen) atoms. The van der Waals surface area contributed by atoms with Crippen molar-refractivity contribution in [1.29, 1.82) is 0 Å². The van der Waals surface area contributed by atoms with E-state index in [0.717, 1.165) is 11.3 Å². The summed E-state index contributed by atoms with van der Waals surface area (Å²) < 4.78 is 19.7. The van der Waals surface area contributed by atoms with Crippen LogP contribution in [-0.4, -0.2) is 16.2 Å². The predicted molar refractivity (Wildman–Crippen MR) is 74.3 cm³/mol. The molecule has 2 N–H and O–H groups in total. The van der Waals surface area contributed by atoms with Gasteiger partial charge in [0.05, 0.1) is 0 Å². The predicted octanol–water partition coefficient (Wildman–Crippen LogP) is 1.75. The van der Waals surface area contributed by atoms with Crippen LogP contribution in [0.5, 0.6) is 0 Å². The van der Waals surface area contributed by atoms with Crippen LogP contribution in [-0.2, 0) is 17.4 Å². The summed E-state index contributed by atoms with van der Waals surface area (Å²) in [5.41, 5.74) is 2.18. The molecule has 0 saturated carbocycles. The van der Waals surface area contributed by atoms with Gasteiger partial charge in [0, 0.05) is 16.8 Å². The lowest BCUT2D eigenvalue weighted by Crippen LogP contribution is -2.13. The highest BCUT2D eigenvalue weighted by Gasteiger charge is 2.13. The van der Waals surface area contributed by atoms with Gasteiger partial charge in [0.25, 0.3) is 5.56 Å². The molecule has 6 heteroatoms. The Morgan fingerprint density at radius 1 is 1.42 bits per heavy atom. The maximum atomic E-state index is 11.7. The van der Waals surface area contributed by atoms with E-state index in [9.17, 15) is 9.00 Å². The van der Waals surface area contributed by atoms with Crippen molar-refractivity contribution in [3.8, 4) is 11.3 Å². The molecule has 2 rings (SSSR count). The third kappa shape index (κ3) is 2.69. The number of aromatic amines is 1. The number of aromatic nitrogens is 1. The summed E-state index contributed by atoms with van der Waals surface area (Å²) in [5.74, 6) is 0.599. The normalized spacial score (nSPS) is 12.6. The van der Waals surface area contributed by atoms with Gasteiger partial charge in [0.15, 0.2) is 11.0 Å².